The second kappa shape index (κ2) is 17.8. The molecule has 0 fully saturated rings. The number of urea groups is 2. The Balaban J connectivity index is 0.000000228. The fourth-order valence-corrected chi connectivity index (χ4v) is 5.61. The molecule has 6 rings (SSSR count). The molecule has 60 heavy (non-hydrogen) atoms. The van der Waals surface area contributed by atoms with Crippen LogP contribution in [0.5, 0.6) is 23.0 Å². The first-order chi connectivity index (χ1) is 28.0. The van der Waals surface area contributed by atoms with E-state index in [1.165, 1.54) is 30.1 Å². The molecule has 0 atom stereocenters. The number of aromatic nitrogens is 6. The Morgan fingerprint density at radius 2 is 1.07 bits per heavy atom. The van der Waals surface area contributed by atoms with Gasteiger partial charge in [0.1, 0.15) is 11.6 Å². The van der Waals surface area contributed by atoms with Gasteiger partial charge >= 0.3 is 12.1 Å². The monoisotopic (exact) mass is 870 g/mol. The molecule has 4 N–H and O–H groups in total. The van der Waals surface area contributed by atoms with Gasteiger partial charge in [-0.1, -0.05) is 11.8 Å². The Hall–Kier alpha value is -6.42. The van der Waals surface area contributed by atoms with E-state index in [4.69, 9.17) is 9.47 Å². The summed E-state index contributed by atoms with van der Waals surface area (Å²) in [7, 11) is -3.70. The summed E-state index contributed by atoms with van der Waals surface area (Å²) in [6.45, 7) is 10.8. The van der Waals surface area contributed by atoms with Crippen molar-refractivity contribution in [2.75, 3.05) is 23.1 Å². The van der Waals surface area contributed by atoms with Crippen LogP contribution in [0, 0.1) is 23.3 Å². The number of amides is 4. The van der Waals surface area contributed by atoms with Gasteiger partial charge in [0, 0.05) is 52.6 Å². The van der Waals surface area contributed by atoms with Crippen LogP contribution < -0.4 is 30.7 Å². The van der Waals surface area contributed by atoms with Gasteiger partial charge < -0.3 is 20.1 Å². The molecule has 0 saturated carbocycles. The maximum Gasteiger partial charge on any atom is 0.320 e. The molecular weight excluding hydrogens is 833 g/mol. The highest BCUT2D eigenvalue weighted by molar-refractivity contribution is 7.98. The maximum atomic E-state index is 14.1. The van der Waals surface area contributed by atoms with Gasteiger partial charge in [-0.05, 0) is 84.2 Å². The fourth-order valence-electron chi connectivity index (χ4n) is 4.78. The number of rotatable bonds is 8. The standard InChI is InChI=1S/C19H19F2N5O4S.C19H19F2N5O2S/c1-19(2,3)26-17(27)24-16-14(30-13-6-5-11(20)8-12(13)21)7-10-9-22-18(31(4,28)29)25-15(10)23-16;1-19(2,3)26-17(27)24-16-14(28-13-6-5-11(20)8-12(13)21)7-10-9-22-18(29-4)25-15(10)23-16/h5-9H,1-4H3,(H2,22,23,24,25,26,27);5-9H,1-4H3,(H2,22,23,24,25,26,27). The van der Waals surface area contributed by atoms with Gasteiger partial charge in [0.2, 0.25) is 15.0 Å². The van der Waals surface area contributed by atoms with Crippen molar-refractivity contribution in [2.45, 2.75) is 62.9 Å². The Kier molecular flexibility index (Phi) is 13.3. The van der Waals surface area contributed by atoms with E-state index in [-0.39, 0.29) is 45.7 Å². The average molecular weight is 871 g/mol. The number of nitrogens with one attached hydrogen (secondary N) is 4. The summed E-state index contributed by atoms with van der Waals surface area (Å²) in [6, 6.07) is 7.38. The van der Waals surface area contributed by atoms with E-state index in [0.717, 1.165) is 30.5 Å². The van der Waals surface area contributed by atoms with Gasteiger partial charge in [-0.3, -0.25) is 10.6 Å². The van der Waals surface area contributed by atoms with E-state index < -0.39 is 61.4 Å². The molecule has 6 aromatic rings. The van der Waals surface area contributed by atoms with Crippen molar-refractivity contribution in [2.24, 2.45) is 0 Å². The summed E-state index contributed by atoms with van der Waals surface area (Å²) < 4.78 is 89.1. The molecular formula is C38H38F4N10O6S2. The number of carbonyl (C=O) groups excluding carboxylic acids is 2. The quantitative estimate of drug-likeness (QED) is 0.0647. The maximum absolute atomic E-state index is 14.1. The number of anilines is 2. The average Bonchev–Trinajstić information content (AvgIpc) is 3.12. The zero-order valence-corrected chi connectivity index (χ0v) is 34.9. The molecule has 0 aliphatic rings. The number of ether oxygens (including phenoxy) is 2. The minimum Gasteiger partial charge on any atom is -0.450 e. The van der Waals surface area contributed by atoms with Crippen molar-refractivity contribution in [3.63, 3.8) is 0 Å². The van der Waals surface area contributed by atoms with Gasteiger partial charge in [-0.25, -0.2) is 60.5 Å². The Morgan fingerprint density at radius 1 is 0.633 bits per heavy atom. The molecule has 2 aromatic carbocycles. The Labute approximate surface area is 345 Å². The predicted octanol–water partition coefficient (Wildman–Crippen LogP) is 8.16. The van der Waals surface area contributed by atoms with E-state index >= 15 is 0 Å². The third-order valence-corrected chi connectivity index (χ3v) is 8.63. The van der Waals surface area contributed by atoms with Crippen molar-refractivity contribution in [3.8, 4) is 23.0 Å². The molecule has 0 aliphatic carbocycles. The zero-order chi connectivity index (χ0) is 44.2. The van der Waals surface area contributed by atoms with E-state index in [0.29, 0.717) is 28.3 Å². The van der Waals surface area contributed by atoms with Crippen LogP contribution in [0.15, 0.2) is 71.2 Å². The lowest BCUT2D eigenvalue weighted by atomic mass is 10.1. The van der Waals surface area contributed by atoms with Crippen molar-refractivity contribution in [1.29, 1.82) is 0 Å². The van der Waals surface area contributed by atoms with Crippen LogP contribution >= 0.6 is 11.8 Å². The van der Waals surface area contributed by atoms with Gasteiger partial charge in [0.05, 0.1) is 0 Å². The number of carbonyl (C=O) groups is 2. The molecule has 0 spiro atoms. The summed E-state index contributed by atoms with van der Waals surface area (Å²) >= 11 is 1.34. The van der Waals surface area contributed by atoms with Gasteiger partial charge in [-0.2, -0.15) is 4.98 Å². The minimum atomic E-state index is -3.70. The summed E-state index contributed by atoms with van der Waals surface area (Å²) in [5.74, 6) is -4.03. The second-order valence-electron chi connectivity index (χ2n) is 14.8. The lowest BCUT2D eigenvalue weighted by Crippen LogP contribution is -2.43. The Bertz CT molecular complexity index is 2720. The highest BCUT2D eigenvalue weighted by Gasteiger charge is 2.22. The van der Waals surface area contributed by atoms with Crippen LogP contribution in [0.3, 0.4) is 0 Å². The number of hydrogen-bond donors (Lipinski definition) is 4. The molecule has 4 aromatic heterocycles. The molecule has 316 valence electrons. The van der Waals surface area contributed by atoms with Crippen LogP contribution in [0.2, 0.25) is 0 Å². The van der Waals surface area contributed by atoms with Crippen LogP contribution in [-0.4, -0.2) is 74.0 Å². The fraction of sp³-hybridized carbons (Fsp3) is 0.263. The number of pyridine rings is 2. The van der Waals surface area contributed by atoms with E-state index in [1.807, 2.05) is 27.0 Å². The van der Waals surface area contributed by atoms with Gasteiger partial charge in [0.25, 0.3) is 0 Å². The molecule has 4 heterocycles. The van der Waals surface area contributed by atoms with E-state index in [2.05, 4.69) is 51.2 Å². The zero-order valence-electron chi connectivity index (χ0n) is 33.2. The summed E-state index contributed by atoms with van der Waals surface area (Å²) in [5.41, 5.74) is -0.758. The third kappa shape index (κ3) is 12.3. The first-order valence-electron chi connectivity index (χ1n) is 17.5. The number of nitrogens with zero attached hydrogens (tertiary/aromatic N) is 6. The van der Waals surface area contributed by atoms with E-state index in [9.17, 15) is 35.6 Å². The normalized spacial score (nSPS) is 11.7. The van der Waals surface area contributed by atoms with E-state index in [1.54, 1.807) is 27.0 Å². The number of halogens is 4. The SMILES string of the molecule is CC(C)(C)NC(=O)Nc1nc2nc(S(C)(=O)=O)ncc2cc1Oc1ccc(F)cc1F.CSc1ncc2cc(Oc3ccc(F)cc3F)c(NC(=O)NC(C)(C)C)nc2n1. The van der Waals surface area contributed by atoms with Crippen LogP contribution in [0.4, 0.5) is 38.8 Å². The lowest BCUT2D eigenvalue weighted by molar-refractivity contribution is 0.242. The molecule has 0 unspecified atom stereocenters. The van der Waals surface area contributed by atoms with Crippen LogP contribution in [0.1, 0.15) is 41.5 Å². The largest absolute Gasteiger partial charge is 0.450 e. The highest BCUT2D eigenvalue weighted by Crippen LogP contribution is 2.34. The number of thioether (sulfide) groups is 1. The third-order valence-electron chi connectivity index (χ3n) is 7.21. The first-order valence-corrected chi connectivity index (χ1v) is 20.6. The van der Waals surface area contributed by atoms with Crippen LogP contribution in [-0.2, 0) is 9.84 Å². The van der Waals surface area contributed by atoms with Crippen molar-refractivity contribution < 1.29 is 45.0 Å². The molecule has 0 radical (unpaired) electrons. The smallest absolute Gasteiger partial charge is 0.320 e. The number of fused-ring (bicyclic) bond motifs is 2. The lowest BCUT2D eigenvalue weighted by Gasteiger charge is -2.21. The molecule has 22 heteroatoms. The van der Waals surface area contributed by atoms with Gasteiger partial charge in [-0.15, -0.1) is 0 Å². The number of hydrogen-bond acceptors (Lipinski definition) is 13. The van der Waals surface area contributed by atoms with Crippen molar-refractivity contribution in [3.05, 3.63) is 84.2 Å². The topological polar surface area (TPSA) is 212 Å². The molecule has 4 amide bonds. The molecule has 0 saturated heterocycles. The molecule has 0 bridgehead atoms. The van der Waals surface area contributed by atoms with Crippen molar-refractivity contribution >= 4 is 67.4 Å². The minimum absolute atomic E-state index is 0.0339. The van der Waals surface area contributed by atoms with Crippen molar-refractivity contribution in [1.82, 2.24) is 40.5 Å². The Morgan fingerprint density at radius 3 is 1.47 bits per heavy atom. The first kappa shape index (κ1) is 44.7. The summed E-state index contributed by atoms with van der Waals surface area (Å²) in [4.78, 5) is 49.3. The molecule has 0 aliphatic heterocycles. The summed E-state index contributed by atoms with van der Waals surface area (Å²) in [5, 5.41) is 11.3. The number of benzene rings is 2. The summed E-state index contributed by atoms with van der Waals surface area (Å²) in [6.07, 6.45) is 5.53. The highest BCUT2D eigenvalue weighted by atomic mass is 32.2. The van der Waals surface area contributed by atoms with Gasteiger partial charge in [0.15, 0.2) is 62.7 Å². The second-order valence-corrected chi connectivity index (χ2v) is 17.5. The number of sulfone groups is 1. The predicted molar refractivity (Wildman–Crippen MR) is 216 cm³/mol. The molecule has 16 nitrogen and oxygen atoms in total. The van der Waals surface area contributed by atoms with Crippen LogP contribution in [0.25, 0.3) is 22.1 Å².